The number of benzene rings is 1. The number of allylic oxidation sites excluding steroid dienone is 2. The fourth-order valence-corrected chi connectivity index (χ4v) is 7.56. The molecule has 2 heterocycles. The van der Waals surface area contributed by atoms with Crippen LogP contribution in [-0.2, 0) is 15.9 Å². The molecular formula is C31H46O4. The molecule has 2 aliphatic carbocycles. The maximum atomic E-state index is 6.49. The van der Waals surface area contributed by atoms with Gasteiger partial charge in [-0.1, -0.05) is 38.8 Å². The van der Waals surface area contributed by atoms with Gasteiger partial charge in [0.15, 0.2) is 12.6 Å². The molecule has 0 aromatic heterocycles. The molecule has 2 aliphatic heterocycles. The van der Waals surface area contributed by atoms with Crippen LogP contribution >= 0.6 is 0 Å². The van der Waals surface area contributed by atoms with Crippen LogP contribution < -0.4 is 9.47 Å². The third-order valence-corrected chi connectivity index (χ3v) is 9.55. The van der Waals surface area contributed by atoms with E-state index in [1.54, 1.807) is 5.57 Å². The maximum Gasteiger partial charge on any atom is 0.199 e. The first-order valence-electron chi connectivity index (χ1n) is 14.2. The second-order valence-corrected chi connectivity index (χ2v) is 12.4. The van der Waals surface area contributed by atoms with E-state index in [-0.39, 0.29) is 12.6 Å². The van der Waals surface area contributed by atoms with E-state index in [4.69, 9.17) is 18.9 Å². The van der Waals surface area contributed by atoms with Gasteiger partial charge >= 0.3 is 0 Å². The lowest BCUT2D eigenvalue weighted by atomic mass is 9.48. The Morgan fingerprint density at radius 3 is 2.29 bits per heavy atom. The quantitative estimate of drug-likeness (QED) is 0.387. The van der Waals surface area contributed by atoms with Crippen molar-refractivity contribution >= 4 is 0 Å². The molecule has 5 rings (SSSR count). The highest BCUT2D eigenvalue weighted by Crippen LogP contribution is 2.60. The highest BCUT2D eigenvalue weighted by molar-refractivity contribution is 5.42. The van der Waals surface area contributed by atoms with Crippen molar-refractivity contribution in [2.45, 2.75) is 111 Å². The van der Waals surface area contributed by atoms with Crippen molar-refractivity contribution in [1.82, 2.24) is 0 Å². The largest absolute Gasteiger partial charge is 0.465 e. The number of hydrogen-bond donors (Lipinski definition) is 0. The van der Waals surface area contributed by atoms with Gasteiger partial charge in [-0.05, 0) is 105 Å². The minimum absolute atomic E-state index is 0.137. The predicted molar refractivity (Wildman–Crippen MR) is 140 cm³/mol. The minimum atomic E-state index is -0.143. The molecule has 4 nitrogen and oxygen atoms in total. The number of hydrogen-bond acceptors (Lipinski definition) is 4. The van der Waals surface area contributed by atoms with Crippen LogP contribution in [0.25, 0.3) is 0 Å². The van der Waals surface area contributed by atoms with Gasteiger partial charge in [0.2, 0.25) is 0 Å². The molecule has 1 aromatic rings. The molecule has 0 N–H and O–H groups in total. The lowest BCUT2D eigenvalue weighted by Crippen LogP contribution is -2.49. The summed E-state index contributed by atoms with van der Waals surface area (Å²) in [5.41, 5.74) is 3.49. The van der Waals surface area contributed by atoms with Crippen molar-refractivity contribution in [2.75, 3.05) is 13.2 Å². The Bertz CT molecular complexity index is 893. The average molecular weight is 483 g/mol. The summed E-state index contributed by atoms with van der Waals surface area (Å²) in [5.74, 6) is 3.09. The van der Waals surface area contributed by atoms with Crippen LogP contribution in [0.5, 0.6) is 11.5 Å². The van der Waals surface area contributed by atoms with Gasteiger partial charge in [0.05, 0.1) is 13.2 Å². The van der Waals surface area contributed by atoms with Gasteiger partial charge in [-0.2, -0.15) is 0 Å². The normalized spacial score (nSPS) is 35.0. The third-order valence-electron chi connectivity index (χ3n) is 9.55. The van der Waals surface area contributed by atoms with Crippen molar-refractivity contribution in [1.29, 1.82) is 0 Å². The Morgan fingerprint density at radius 2 is 1.60 bits per heavy atom. The molecule has 0 radical (unpaired) electrons. The van der Waals surface area contributed by atoms with Crippen LogP contribution in [0.2, 0.25) is 0 Å². The summed E-state index contributed by atoms with van der Waals surface area (Å²) >= 11 is 0. The van der Waals surface area contributed by atoms with Gasteiger partial charge in [-0.15, -0.1) is 0 Å². The van der Waals surface area contributed by atoms with Crippen LogP contribution in [0.15, 0.2) is 29.8 Å². The molecule has 2 unspecified atom stereocenters. The van der Waals surface area contributed by atoms with E-state index < -0.39 is 0 Å². The first-order chi connectivity index (χ1) is 16.8. The van der Waals surface area contributed by atoms with Crippen molar-refractivity contribution in [3.8, 4) is 11.5 Å². The van der Waals surface area contributed by atoms with E-state index in [1.165, 1.54) is 44.1 Å². The second kappa shape index (κ2) is 10.5. The second-order valence-electron chi connectivity index (χ2n) is 12.4. The van der Waals surface area contributed by atoms with Crippen LogP contribution in [-0.4, -0.2) is 25.8 Å². The van der Waals surface area contributed by atoms with E-state index in [2.05, 4.69) is 52.0 Å². The maximum absolute atomic E-state index is 6.49. The lowest BCUT2D eigenvalue weighted by Gasteiger charge is -2.57. The average Bonchev–Trinajstić information content (AvgIpc) is 2.84. The Kier molecular flexibility index (Phi) is 7.51. The Balaban J connectivity index is 1.43. The molecule has 1 aromatic carbocycles. The van der Waals surface area contributed by atoms with Crippen molar-refractivity contribution in [3.05, 3.63) is 35.4 Å². The van der Waals surface area contributed by atoms with E-state index in [0.717, 1.165) is 62.7 Å². The topological polar surface area (TPSA) is 36.9 Å². The first-order valence-corrected chi connectivity index (χ1v) is 14.2. The van der Waals surface area contributed by atoms with Crippen LogP contribution in [0.4, 0.5) is 0 Å². The summed E-state index contributed by atoms with van der Waals surface area (Å²) in [4.78, 5) is 0. The minimum Gasteiger partial charge on any atom is -0.465 e. The SMILES string of the molecule is CC1=CC[C@@H]2C(C)(C)CCC[C@@]2(C)[C@@H]1Cc1cc(OC2CCCCO2)ccc1OC1CCCCO1. The Hall–Kier alpha value is -1.52. The number of ether oxygens (including phenoxy) is 4. The summed E-state index contributed by atoms with van der Waals surface area (Å²) < 4.78 is 24.6. The lowest BCUT2D eigenvalue weighted by molar-refractivity contribution is -0.108. The van der Waals surface area contributed by atoms with Crippen molar-refractivity contribution in [2.24, 2.45) is 22.7 Å². The zero-order valence-corrected chi connectivity index (χ0v) is 22.4. The molecule has 0 amide bonds. The number of fused-ring (bicyclic) bond motifs is 1. The van der Waals surface area contributed by atoms with Crippen LogP contribution in [0.1, 0.15) is 97.5 Å². The molecule has 0 spiro atoms. The van der Waals surface area contributed by atoms with Gasteiger partial charge in [0.25, 0.3) is 0 Å². The highest BCUT2D eigenvalue weighted by Gasteiger charge is 2.51. The van der Waals surface area contributed by atoms with Gasteiger partial charge in [0.1, 0.15) is 11.5 Å². The summed E-state index contributed by atoms with van der Waals surface area (Å²) in [6.07, 6.45) is 14.9. The van der Waals surface area contributed by atoms with Crippen LogP contribution in [0.3, 0.4) is 0 Å². The monoisotopic (exact) mass is 482 g/mol. The molecule has 3 fully saturated rings. The summed E-state index contributed by atoms with van der Waals surface area (Å²) in [6, 6.07) is 6.39. The van der Waals surface area contributed by atoms with Gasteiger partial charge < -0.3 is 18.9 Å². The summed E-state index contributed by atoms with van der Waals surface area (Å²) in [6.45, 7) is 11.5. The molecule has 35 heavy (non-hydrogen) atoms. The molecule has 4 aliphatic rings. The summed E-state index contributed by atoms with van der Waals surface area (Å²) in [7, 11) is 0. The number of rotatable bonds is 6. The fraction of sp³-hybridized carbons (Fsp3) is 0.742. The fourth-order valence-electron chi connectivity index (χ4n) is 7.56. The zero-order chi connectivity index (χ0) is 24.5. The van der Waals surface area contributed by atoms with E-state index in [1.807, 2.05) is 0 Å². The highest BCUT2D eigenvalue weighted by atomic mass is 16.7. The molecule has 0 bridgehead atoms. The van der Waals surface area contributed by atoms with E-state index in [9.17, 15) is 0 Å². The Morgan fingerprint density at radius 1 is 0.886 bits per heavy atom. The molecule has 5 atom stereocenters. The standard InChI is InChI=1S/C31H46O4/c1-22-12-15-27-30(2,3)16-9-17-31(27,4)25(22)21-23-20-24(34-28-10-5-7-18-32-28)13-14-26(23)35-29-11-6-8-19-33-29/h12-14,20,25,27-29H,5-11,15-19,21H2,1-4H3/t25-,27-,28?,29?,31+/m1/s1. The summed E-state index contributed by atoms with van der Waals surface area (Å²) in [5, 5.41) is 0. The smallest absolute Gasteiger partial charge is 0.199 e. The molecule has 1 saturated carbocycles. The first kappa shape index (κ1) is 25.1. The van der Waals surface area contributed by atoms with Gasteiger partial charge in [-0.25, -0.2) is 0 Å². The van der Waals surface area contributed by atoms with Gasteiger partial charge in [-0.3, -0.25) is 0 Å². The molecular weight excluding hydrogens is 436 g/mol. The molecule has 2 saturated heterocycles. The predicted octanol–water partition coefficient (Wildman–Crippen LogP) is 7.84. The molecule has 4 heteroatoms. The molecule has 194 valence electrons. The van der Waals surface area contributed by atoms with E-state index in [0.29, 0.717) is 16.7 Å². The van der Waals surface area contributed by atoms with Gasteiger partial charge in [0, 0.05) is 12.8 Å². The zero-order valence-electron chi connectivity index (χ0n) is 22.4. The van der Waals surface area contributed by atoms with Crippen LogP contribution in [0, 0.1) is 22.7 Å². The Labute approximate surface area is 212 Å². The third kappa shape index (κ3) is 5.44. The van der Waals surface area contributed by atoms with Crippen molar-refractivity contribution < 1.29 is 18.9 Å². The van der Waals surface area contributed by atoms with Crippen molar-refractivity contribution in [3.63, 3.8) is 0 Å². The van der Waals surface area contributed by atoms with E-state index >= 15 is 0 Å².